The first-order valence-electron chi connectivity index (χ1n) is 5.82. The number of aliphatic hydroxyl groups excluding tert-OH is 1. The van der Waals surface area contributed by atoms with Crippen LogP contribution in [0.3, 0.4) is 0 Å². The second-order valence-corrected chi connectivity index (χ2v) is 4.43. The molecule has 0 spiro atoms. The standard InChI is InChI=1S/C13H20O5/c1-6-7-10(12(15)17-8(2)3)11(14)13(16)18-9(4)5/h1,8-11,14H,7H2,2-5H3/t10-,11+/m1/s1. The quantitative estimate of drug-likeness (QED) is 0.564. The van der Waals surface area contributed by atoms with E-state index < -0.39 is 24.0 Å². The van der Waals surface area contributed by atoms with E-state index in [0.29, 0.717) is 0 Å². The number of ether oxygens (including phenoxy) is 2. The molecule has 0 rings (SSSR count). The number of carbonyl (C=O) groups excluding carboxylic acids is 2. The highest BCUT2D eigenvalue weighted by molar-refractivity contribution is 5.84. The maximum absolute atomic E-state index is 11.7. The van der Waals surface area contributed by atoms with Crippen LogP contribution >= 0.6 is 0 Å². The van der Waals surface area contributed by atoms with Gasteiger partial charge in [0.1, 0.15) is 5.92 Å². The van der Waals surface area contributed by atoms with E-state index in [2.05, 4.69) is 5.92 Å². The van der Waals surface area contributed by atoms with Gasteiger partial charge in [-0.2, -0.15) is 0 Å². The summed E-state index contributed by atoms with van der Waals surface area (Å²) in [6.07, 6.45) is 2.71. The Hall–Kier alpha value is -1.54. The molecule has 102 valence electrons. The van der Waals surface area contributed by atoms with E-state index in [-0.39, 0.29) is 18.6 Å². The normalized spacial score (nSPS) is 13.9. The number of hydrogen-bond acceptors (Lipinski definition) is 5. The Kier molecular flexibility index (Phi) is 7.06. The molecule has 0 aromatic rings. The predicted octanol–water partition coefficient (Wildman–Crippen LogP) is 0.890. The average molecular weight is 256 g/mol. The number of hydrogen-bond donors (Lipinski definition) is 1. The van der Waals surface area contributed by atoms with Crippen molar-refractivity contribution in [2.24, 2.45) is 5.92 Å². The van der Waals surface area contributed by atoms with Gasteiger partial charge in [-0.05, 0) is 27.7 Å². The maximum Gasteiger partial charge on any atom is 0.336 e. The van der Waals surface area contributed by atoms with Gasteiger partial charge < -0.3 is 14.6 Å². The van der Waals surface area contributed by atoms with Crippen molar-refractivity contribution < 1.29 is 24.2 Å². The summed E-state index contributed by atoms with van der Waals surface area (Å²) in [6, 6.07) is 0. The molecule has 0 aliphatic carbocycles. The van der Waals surface area contributed by atoms with E-state index in [4.69, 9.17) is 15.9 Å². The maximum atomic E-state index is 11.7. The van der Waals surface area contributed by atoms with Gasteiger partial charge in [-0.15, -0.1) is 12.3 Å². The molecule has 0 unspecified atom stereocenters. The lowest BCUT2D eigenvalue weighted by molar-refractivity contribution is -0.170. The van der Waals surface area contributed by atoms with E-state index in [0.717, 1.165) is 0 Å². The van der Waals surface area contributed by atoms with Crippen LogP contribution in [0.2, 0.25) is 0 Å². The molecule has 0 heterocycles. The summed E-state index contributed by atoms with van der Waals surface area (Å²) < 4.78 is 9.77. The third-order valence-electron chi connectivity index (χ3n) is 1.97. The van der Waals surface area contributed by atoms with Crippen LogP contribution < -0.4 is 0 Å². The van der Waals surface area contributed by atoms with Crippen LogP contribution in [-0.2, 0) is 19.1 Å². The highest BCUT2D eigenvalue weighted by atomic mass is 16.6. The van der Waals surface area contributed by atoms with Crippen LogP contribution in [0.25, 0.3) is 0 Å². The highest BCUT2D eigenvalue weighted by Crippen LogP contribution is 2.14. The Bertz CT molecular complexity index is 327. The van der Waals surface area contributed by atoms with E-state index in [1.54, 1.807) is 27.7 Å². The Balaban J connectivity index is 4.73. The Morgan fingerprint density at radius 1 is 1.11 bits per heavy atom. The minimum Gasteiger partial charge on any atom is -0.463 e. The van der Waals surface area contributed by atoms with Crippen LogP contribution in [0.15, 0.2) is 0 Å². The molecule has 0 aromatic heterocycles. The first-order chi connectivity index (χ1) is 8.29. The third-order valence-corrected chi connectivity index (χ3v) is 1.97. The SMILES string of the molecule is C#CC[C@@H](C(=O)OC(C)C)[C@H](O)C(=O)OC(C)C. The summed E-state index contributed by atoms with van der Waals surface area (Å²) in [4.78, 5) is 23.2. The van der Waals surface area contributed by atoms with Crippen molar-refractivity contribution in [1.29, 1.82) is 0 Å². The van der Waals surface area contributed by atoms with E-state index in [1.807, 2.05) is 0 Å². The summed E-state index contributed by atoms with van der Waals surface area (Å²) in [7, 11) is 0. The molecule has 0 amide bonds. The summed E-state index contributed by atoms with van der Waals surface area (Å²) in [5, 5.41) is 9.77. The van der Waals surface area contributed by atoms with Gasteiger partial charge in [0.15, 0.2) is 6.10 Å². The number of rotatable bonds is 6. The van der Waals surface area contributed by atoms with Gasteiger partial charge in [0.25, 0.3) is 0 Å². The van der Waals surface area contributed by atoms with Crippen LogP contribution in [0.1, 0.15) is 34.1 Å². The lowest BCUT2D eigenvalue weighted by atomic mass is 9.99. The van der Waals surface area contributed by atoms with Gasteiger partial charge in [-0.1, -0.05) is 0 Å². The molecule has 0 aromatic carbocycles. The summed E-state index contributed by atoms with van der Waals surface area (Å²) in [5.41, 5.74) is 0. The fourth-order valence-electron chi connectivity index (χ4n) is 1.24. The van der Waals surface area contributed by atoms with Gasteiger partial charge in [0.2, 0.25) is 0 Å². The first kappa shape index (κ1) is 16.5. The zero-order chi connectivity index (χ0) is 14.3. The molecule has 2 atom stereocenters. The molecule has 0 bridgehead atoms. The molecule has 0 saturated heterocycles. The molecule has 0 radical (unpaired) electrons. The minimum atomic E-state index is -1.60. The van der Waals surface area contributed by atoms with Crippen LogP contribution in [0, 0.1) is 18.3 Å². The minimum absolute atomic E-state index is 0.0834. The Morgan fingerprint density at radius 2 is 1.56 bits per heavy atom. The molecule has 0 saturated carbocycles. The van der Waals surface area contributed by atoms with E-state index >= 15 is 0 Å². The average Bonchev–Trinajstić information content (AvgIpc) is 2.22. The number of carbonyl (C=O) groups is 2. The molecule has 0 fully saturated rings. The van der Waals surface area contributed by atoms with Crippen molar-refractivity contribution in [3.8, 4) is 12.3 Å². The van der Waals surface area contributed by atoms with Crippen molar-refractivity contribution in [2.75, 3.05) is 0 Å². The molecular formula is C13H20O5. The second kappa shape index (κ2) is 7.72. The first-order valence-corrected chi connectivity index (χ1v) is 5.82. The molecule has 0 aliphatic heterocycles. The van der Waals surface area contributed by atoms with Crippen LogP contribution in [0.4, 0.5) is 0 Å². The fraction of sp³-hybridized carbons (Fsp3) is 0.692. The van der Waals surface area contributed by atoms with Crippen LogP contribution in [-0.4, -0.2) is 35.4 Å². The fourth-order valence-corrected chi connectivity index (χ4v) is 1.24. The van der Waals surface area contributed by atoms with Gasteiger partial charge in [0, 0.05) is 6.42 Å². The lowest BCUT2D eigenvalue weighted by Crippen LogP contribution is -2.38. The molecular weight excluding hydrogens is 236 g/mol. The summed E-state index contributed by atoms with van der Waals surface area (Å²) in [5.74, 6) is -0.419. The number of terminal acetylenes is 1. The molecule has 0 aliphatic rings. The topological polar surface area (TPSA) is 72.8 Å². The van der Waals surface area contributed by atoms with Crippen molar-refractivity contribution >= 4 is 11.9 Å². The van der Waals surface area contributed by atoms with Crippen molar-refractivity contribution in [2.45, 2.75) is 52.4 Å². The number of aliphatic hydroxyl groups is 1. The predicted molar refractivity (Wildman–Crippen MR) is 65.4 cm³/mol. The molecule has 1 N–H and O–H groups in total. The zero-order valence-electron chi connectivity index (χ0n) is 11.2. The molecule has 5 nitrogen and oxygen atoms in total. The van der Waals surface area contributed by atoms with Crippen molar-refractivity contribution in [3.63, 3.8) is 0 Å². The monoisotopic (exact) mass is 256 g/mol. The Morgan fingerprint density at radius 3 is 1.94 bits per heavy atom. The van der Waals surface area contributed by atoms with Gasteiger partial charge in [0.05, 0.1) is 12.2 Å². The van der Waals surface area contributed by atoms with Gasteiger partial charge in [-0.25, -0.2) is 4.79 Å². The highest BCUT2D eigenvalue weighted by Gasteiger charge is 2.34. The molecule has 18 heavy (non-hydrogen) atoms. The summed E-state index contributed by atoms with van der Waals surface area (Å²) in [6.45, 7) is 6.63. The Labute approximate surface area is 107 Å². The van der Waals surface area contributed by atoms with E-state index in [1.165, 1.54) is 0 Å². The smallest absolute Gasteiger partial charge is 0.336 e. The van der Waals surface area contributed by atoms with E-state index in [9.17, 15) is 14.7 Å². The largest absolute Gasteiger partial charge is 0.463 e. The third kappa shape index (κ3) is 5.69. The van der Waals surface area contributed by atoms with Gasteiger partial charge in [-0.3, -0.25) is 4.79 Å². The van der Waals surface area contributed by atoms with Gasteiger partial charge >= 0.3 is 11.9 Å². The summed E-state index contributed by atoms with van der Waals surface area (Å²) >= 11 is 0. The lowest BCUT2D eigenvalue weighted by Gasteiger charge is -2.20. The van der Waals surface area contributed by atoms with Crippen molar-refractivity contribution in [1.82, 2.24) is 0 Å². The number of esters is 2. The van der Waals surface area contributed by atoms with Crippen molar-refractivity contribution in [3.05, 3.63) is 0 Å². The zero-order valence-corrected chi connectivity index (χ0v) is 11.2. The second-order valence-electron chi connectivity index (χ2n) is 4.43. The van der Waals surface area contributed by atoms with Crippen LogP contribution in [0.5, 0.6) is 0 Å². The molecule has 5 heteroatoms.